The maximum Gasteiger partial charge on any atom is 0.227 e. The molecule has 0 heterocycles. The number of hydrogen-bond donors (Lipinski definition) is 2. The third-order valence-corrected chi connectivity index (χ3v) is 4.12. The predicted octanol–water partition coefficient (Wildman–Crippen LogP) is 3.20. The van der Waals surface area contributed by atoms with Gasteiger partial charge in [-0.2, -0.15) is 0 Å². The Morgan fingerprint density at radius 2 is 1.80 bits per heavy atom. The van der Waals surface area contributed by atoms with Crippen LogP contribution in [0.2, 0.25) is 0 Å². The van der Waals surface area contributed by atoms with Gasteiger partial charge in [-0.15, -0.1) is 0 Å². The summed E-state index contributed by atoms with van der Waals surface area (Å²) >= 11 is 0. The Hall–Kier alpha value is -1.35. The number of benzene rings is 1. The molecule has 1 aromatic carbocycles. The van der Waals surface area contributed by atoms with Gasteiger partial charge in [-0.25, -0.2) is 0 Å². The van der Waals surface area contributed by atoms with Gasteiger partial charge < -0.3 is 11.1 Å². The van der Waals surface area contributed by atoms with Crippen molar-refractivity contribution < 1.29 is 4.79 Å². The highest BCUT2D eigenvalue weighted by Crippen LogP contribution is 2.21. The molecule has 0 saturated carbocycles. The minimum absolute atomic E-state index is 0.0702. The van der Waals surface area contributed by atoms with Crippen LogP contribution in [0.15, 0.2) is 30.3 Å². The largest absolute Gasteiger partial charge is 0.354 e. The van der Waals surface area contributed by atoms with Gasteiger partial charge in [0.1, 0.15) is 0 Å². The van der Waals surface area contributed by atoms with Crippen molar-refractivity contribution in [2.24, 2.45) is 5.73 Å². The molecule has 0 radical (unpaired) electrons. The topological polar surface area (TPSA) is 55.1 Å². The molecule has 0 aliphatic heterocycles. The summed E-state index contributed by atoms with van der Waals surface area (Å²) in [7, 11) is 0. The number of hydrogen-bond acceptors (Lipinski definition) is 2. The van der Waals surface area contributed by atoms with E-state index in [0.717, 1.165) is 31.2 Å². The van der Waals surface area contributed by atoms with Crippen molar-refractivity contribution in [1.29, 1.82) is 0 Å². The first-order valence-electron chi connectivity index (χ1n) is 7.67. The predicted molar refractivity (Wildman–Crippen MR) is 84.6 cm³/mol. The molecular formula is C17H28N2O. The highest BCUT2D eigenvalue weighted by Gasteiger charge is 2.24. The fourth-order valence-corrected chi connectivity index (χ4v) is 2.31. The molecule has 1 rings (SSSR count). The van der Waals surface area contributed by atoms with Gasteiger partial charge >= 0.3 is 0 Å². The second-order valence-corrected chi connectivity index (χ2v) is 5.54. The number of amides is 1. The van der Waals surface area contributed by atoms with Crippen LogP contribution in [0.5, 0.6) is 0 Å². The molecule has 1 aromatic rings. The summed E-state index contributed by atoms with van der Waals surface area (Å²) in [5, 5.41) is 3.04. The van der Waals surface area contributed by atoms with Crippen molar-refractivity contribution in [2.75, 3.05) is 6.54 Å². The number of carbonyl (C=O) groups excluding carboxylic acids is 1. The molecule has 1 atom stereocenters. The fourth-order valence-electron chi connectivity index (χ4n) is 2.31. The van der Waals surface area contributed by atoms with E-state index < -0.39 is 0 Å². The summed E-state index contributed by atoms with van der Waals surface area (Å²) in [5.41, 5.74) is 7.04. The number of nitrogens with one attached hydrogen (secondary N) is 1. The van der Waals surface area contributed by atoms with Crippen LogP contribution < -0.4 is 11.1 Å². The molecule has 20 heavy (non-hydrogen) atoms. The summed E-state index contributed by atoms with van der Waals surface area (Å²) < 4.78 is 0. The van der Waals surface area contributed by atoms with Gasteiger partial charge in [0.25, 0.3) is 0 Å². The van der Waals surface area contributed by atoms with E-state index in [4.69, 9.17) is 5.73 Å². The standard InChI is InChI=1S/C17H28N2O/c1-4-10-15(14-11-8-7-9-12-14)16(20)19-13-17(18,5-2)6-3/h7-9,11-12,15H,4-6,10,13,18H2,1-3H3,(H,19,20). The van der Waals surface area contributed by atoms with Crippen molar-refractivity contribution in [2.45, 2.75) is 57.9 Å². The molecule has 1 unspecified atom stereocenters. The van der Waals surface area contributed by atoms with Crippen LogP contribution in [-0.4, -0.2) is 18.0 Å². The fraction of sp³-hybridized carbons (Fsp3) is 0.588. The van der Waals surface area contributed by atoms with Gasteiger partial charge in [-0.05, 0) is 24.8 Å². The first kappa shape index (κ1) is 16.7. The third kappa shape index (κ3) is 4.64. The normalized spacial score (nSPS) is 13.0. The lowest BCUT2D eigenvalue weighted by Gasteiger charge is -2.28. The average molecular weight is 276 g/mol. The molecule has 1 amide bonds. The van der Waals surface area contributed by atoms with Gasteiger partial charge in [0.15, 0.2) is 0 Å². The van der Waals surface area contributed by atoms with Crippen LogP contribution in [0.25, 0.3) is 0 Å². The molecule has 0 saturated heterocycles. The molecule has 112 valence electrons. The Morgan fingerprint density at radius 1 is 1.20 bits per heavy atom. The highest BCUT2D eigenvalue weighted by atomic mass is 16.1. The molecule has 3 nitrogen and oxygen atoms in total. The zero-order valence-corrected chi connectivity index (χ0v) is 13.0. The minimum Gasteiger partial charge on any atom is -0.354 e. The van der Waals surface area contributed by atoms with Crippen LogP contribution in [0.4, 0.5) is 0 Å². The summed E-state index contributed by atoms with van der Waals surface area (Å²) in [5.74, 6) is 0.0222. The summed E-state index contributed by atoms with van der Waals surface area (Å²) in [6.45, 7) is 6.78. The summed E-state index contributed by atoms with van der Waals surface area (Å²) in [4.78, 5) is 12.4. The van der Waals surface area contributed by atoms with Gasteiger partial charge in [-0.1, -0.05) is 57.5 Å². The van der Waals surface area contributed by atoms with E-state index in [0.29, 0.717) is 6.54 Å². The second kappa shape index (κ2) is 8.05. The molecule has 0 aliphatic carbocycles. The maximum atomic E-state index is 12.4. The molecule has 0 spiro atoms. The molecule has 3 heteroatoms. The van der Waals surface area contributed by atoms with Crippen LogP contribution >= 0.6 is 0 Å². The molecular weight excluding hydrogens is 248 g/mol. The van der Waals surface area contributed by atoms with E-state index in [2.05, 4.69) is 26.1 Å². The minimum atomic E-state index is -0.289. The van der Waals surface area contributed by atoms with Crippen LogP contribution in [0.3, 0.4) is 0 Å². The van der Waals surface area contributed by atoms with Crippen molar-refractivity contribution in [3.05, 3.63) is 35.9 Å². The van der Waals surface area contributed by atoms with E-state index in [1.807, 2.05) is 30.3 Å². The molecule has 3 N–H and O–H groups in total. The van der Waals surface area contributed by atoms with Gasteiger partial charge in [0.2, 0.25) is 5.91 Å². The smallest absolute Gasteiger partial charge is 0.227 e. The summed E-state index contributed by atoms with van der Waals surface area (Å²) in [6.07, 6.45) is 3.59. The lowest BCUT2D eigenvalue weighted by atomic mass is 9.91. The van der Waals surface area contributed by atoms with Gasteiger partial charge in [0.05, 0.1) is 5.92 Å². The first-order chi connectivity index (χ1) is 9.56. The average Bonchev–Trinajstić information content (AvgIpc) is 2.50. The number of rotatable bonds is 8. The zero-order valence-electron chi connectivity index (χ0n) is 13.0. The molecule has 0 aliphatic rings. The van der Waals surface area contributed by atoms with Crippen molar-refractivity contribution >= 4 is 5.91 Å². The second-order valence-electron chi connectivity index (χ2n) is 5.54. The molecule has 0 bridgehead atoms. The Kier molecular flexibility index (Phi) is 6.73. The summed E-state index contributed by atoms with van der Waals surface area (Å²) in [6, 6.07) is 9.99. The number of nitrogens with two attached hydrogens (primary N) is 1. The van der Waals surface area contributed by atoms with Gasteiger partial charge in [0, 0.05) is 12.1 Å². The SMILES string of the molecule is CCCC(C(=O)NCC(N)(CC)CC)c1ccccc1. The highest BCUT2D eigenvalue weighted by molar-refractivity contribution is 5.83. The van der Waals surface area contributed by atoms with E-state index in [-0.39, 0.29) is 17.4 Å². The third-order valence-electron chi connectivity index (χ3n) is 4.12. The Balaban J connectivity index is 2.71. The van der Waals surface area contributed by atoms with Crippen molar-refractivity contribution in [3.63, 3.8) is 0 Å². The monoisotopic (exact) mass is 276 g/mol. The molecule has 0 fully saturated rings. The molecule has 0 aromatic heterocycles. The first-order valence-corrected chi connectivity index (χ1v) is 7.67. The maximum absolute atomic E-state index is 12.4. The van der Waals surface area contributed by atoms with Gasteiger partial charge in [-0.3, -0.25) is 4.79 Å². The van der Waals surface area contributed by atoms with E-state index in [9.17, 15) is 4.79 Å². The Labute approximate surface area is 122 Å². The van der Waals surface area contributed by atoms with Crippen molar-refractivity contribution in [1.82, 2.24) is 5.32 Å². The van der Waals surface area contributed by atoms with E-state index in [1.165, 1.54) is 0 Å². The number of carbonyl (C=O) groups is 1. The van der Waals surface area contributed by atoms with Crippen LogP contribution in [0.1, 0.15) is 57.9 Å². The van der Waals surface area contributed by atoms with E-state index >= 15 is 0 Å². The van der Waals surface area contributed by atoms with Crippen LogP contribution in [-0.2, 0) is 4.79 Å². The lowest BCUT2D eigenvalue weighted by Crippen LogP contribution is -2.50. The van der Waals surface area contributed by atoms with Crippen LogP contribution in [0, 0.1) is 0 Å². The zero-order chi connectivity index (χ0) is 15.0. The Morgan fingerprint density at radius 3 is 2.30 bits per heavy atom. The lowest BCUT2D eigenvalue weighted by molar-refractivity contribution is -0.123. The quantitative estimate of drug-likeness (QED) is 0.766. The van der Waals surface area contributed by atoms with Crippen molar-refractivity contribution in [3.8, 4) is 0 Å². The Bertz CT molecular complexity index is 399. The van der Waals surface area contributed by atoms with E-state index in [1.54, 1.807) is 0 Å².